The Hall–Kier alpha value is -0.120. The first-order chi connectivity index (χ1) is 9.87. The molecule has 1 spiro atoms. The van der Waals surface area contributed by atoms with Crippen molar-refractivity contribution >= 4 is 0 Å². The highest BCUT2D eigenvalue weighted by Gasteiger charge is 2.45. The molecule has 3 fully saturated rings. The van der Waals surface area contributed by atoms with Crippen molar-refractivity contribution in [3.63, 3.8) is 0 Å². The normalized spacial score (nSPS) is 39.1. The Bertz CT molecular complexity index is 375. The number of ether oxygens (including phenoxy) is 1. The quantitative estimate of drug-likeness (QED) is 0.864. The summed E-state index contributed by atoms with van der Waals surface area (Å²) in [5, 5.41) is 3.76. The topological polar surface area (TPSA) is 24.5 Å². The Kier molecular flexibility index (Phi) is 4.13. The molecule has 2 atom stereocenters. The van der Waals surface area contributed by atoms with Crippen molar-refractivity contribution in [1.82, 2.24) is 10.2 Å². The molecule has 0 bridgehead atoms. The molecule has 1 saturated carbocycles. The van der Waals surface area contributed by atoms with Gasteiger partial charge >= 0.3 is 0 Å². The lowest BCUT2D eigenvalue weighted by molar-refractivity contribution is -0.0690. The number of rotatable bonds is 3. The molecule has 3 nitrogen and oxygen atoms in total. The van der Waals surface area contributed by atoms with E-state index < -0.39 is 0 Å². The molecule has 2 heterocycles. The van der Waals surface area contributed by atoms with Gasteiger partial charge in [0.25, 0.3) is 0 Å². The van der Waals surface area contributed by atoms with E-state index in [4.69, 9.17) is 4.74 Å². The monoisotopic (exact) mass is 294 g/mol. The average molecular weight is 294 g/mol. The Morgan fingerprint density at radius 1 is 1.14 bits per heavy atom. The van der Waals surface area contributed by atoms with Crippen LogP contribution in [0.3, 0.4) is 0 Å². The van der Waals surface area contributed by atoms with Gasteiger partial charge in [0.05, 0.1) is 11.7 Å². The van der Waals surface area contributed by atoms with Crippen LogP contribution in [0.5, 0.6) is 0 Å². The van der Waals surface area contributed by atoms with Crippen molar-refractivity contribution < 1.29 is 4.74 Å². The second-order valence-electron chi connectivity index (χ2n) is 8.63. The zero-order valence-corrected chi connectivity index (χ0v) is 14.5. The lowest BCUT2D eigenvalue weighted by atomic mass is 9.88. The predicted octanol–water partition coefficient (Wildman–Crippen LogP) is 3.33. The largest absolute Gasteiger partial charge is 0.370 e. The molecule has 2 unspecified atom stereocenters. The highest BCUT2D eigenvalue weighted by atomic mass is 16.5. The standard InChI is InChI=1S/C18H34N2O/c1-5-17(4)14-20(16(2,3)13-19-17)12-15-8-11-18(21-15)9-6-7-10-18/h15,19H,5-14H2,1-4H3. The molecule has 0 aromatic rings. The second kappa shape index (κ2) is 5.50. The lowest BCUT2D eigenvalue weighted by Gasteiger charge is -2.51. The molecule has 2 saturated heterocycles. The van der Waals surface area contributed by atoms with Crippen LogP contribution < -0.4 is 5.32 Å². The molecule has 3 rings (SSSR count). The maximum Gasteiger partial charge on any atom is 0.0710 e. The van der Waals surface area contributed by atoms with E-state index in [9.17, 15) is 0 Å². The van der Waals surface area contributed by atoms with Crippen molar-refractivity contribution in [1.29, 1.82) is 0 Å². The van der Waals surface area contributed by atoms with Gasteiger partial charge in [0.1, 0.15) is 0 Å². The Morgan fingerprint density at radius 3 is 2.52 bits per heavy atom. The SMILES string of the molecule is CCC1(C)CN(CC2CCC3(CCCC3)O2)C(C)(C)CN1. The minimum Gasteiger partial charge on any atom is -0.370 e. The van der Waals surface area contributed by atoms with Crippen LogP contribution in [0.4, 0.5) is 0 Å². The summed E-state index contributed by atoms with van der Waals surface area (Å²) < 4.78 is 6.55. The van der Waals surface area contributed by atoms with Crippen molar-refractivity contribution in [2.24, 2.45) is 0 Å². The first kappa shape index (κ1) is 15.8. The molecule has 122 valence electrons. The summed E-state index contributed by atoms with van der Waals surface area (Å²) in [7, 11) is 0. The summed E-state index contributed by atoms with van der Waals surface area (Å²) >= 11 is 0. The molecule has 3 aliphatic rings. The van der Waals surface area contributed by atoms with Gasteiger partial charge in [-0.15, -0.1) is 0 Å². The van der Waals surface area contributed by atoms with E-state index in [1.807, 2.05) is 0 Å². The maximum absolute atomic E-state index is 6.55. The fourth-order valence-electron chi connectivity index (χ4n) is 4.44. The molecule has 2 aliphatic heterocycles. The zero-order valence-electron chi connectivity index (χ0n) is 14.5. The van der Waals surface area contributed by atoms with E-state index in [1.54, 1.807) is 0 Å². The zero-order chi connectivity index (χ0) is 15.1. The number of piperazine rings is 1. The summed E-state index contributed by atoms with van der Waals surface area (Å²) in [5.74, 6) is 0. The number of hydrogen-bond acceptors (Lipinski definition) is 3. The lowest BCUT2D eigenvalue weighted by Crippen LogP contribution is -2.67. The fourth-order valence-corrected chi connectivity index (χ4v) is 4.44. The van der Waals surface area contributed by atoms with Crippen LogP contribution >= 0.6 is 0 Å². The molecule has 21 heavy (non-hydrogen) atoms. The molecule has 0 aromatic carbocycles. The van der Waals surface area contributed by atoms with Crippen LogP contribution in [0, 0.1) is 0 Å². The maximum atomic E-state index is 6.55. The molecule has 3 heteroatoms. The molecule has 0 amide bonds. The number of hydrogen-bond donors (Lipinski definition) is 1. The summed E-state index contributed by atoms with van der Waals surface area (Å²) in [4.78, 5) is 2.69. The van der Waals surface area contributed by atoms with Gasteiger partial charge in [-0.05, 0) is 52.9 Å². The molecule has 0 aromatic heterocycles. The first-order valence-corrected chi connectivity index (χ1v) is 9.04. The molecule has 1 aliphatic carbocycles. The minimum absolute atomic E-state index is 0.240. The van der Waals surface area contributed by atoms with Crippen molar-refractivity contribution in [2.45, 2.75) is 95.4 Å². The third-order valence-corrected chi connectivity index (χ3v) is 6.40. The average Bonchev–Trinajstić information content (AvgIpc) is 3.06. The van der Waals surface area contributed by atoms with Gasteiger partial charge in [0.2, 0.25) is 0 Å². The number of nitrogens with one attached hydrogen (secondary N) is 1. The van der Waals surface area contributed by atoms with E-state index in [2.05, 4.69) is 37.9 Å². The van der Waals surface area contributed by atoms with Crippen LogP contribution in [-0.4, -0.2) is 47.3 Å². The highest BCUT2D eigenvalue weighted by Crippen LogP contribution is 2.43. The Balaban J connectivity index is 1.62. The van der Waals surface area contributed by atoms with Gasteiger partial charge < -0.3 is 10.1 Å². The van der Waals surface area contributed by atoms with E-state index >= 15 is 0 Å². The van der Waals surface area contributed by atoms with Crippen molar-refractivity contribution in [3.8, 4) is 0 Å². The summed E-state index contributed by atoms with van der Waals surface area (Å²) in [6.45, 7) is 12.7. The van der Waals surface area contributed by atoms with Crippen molar-refractivity contribution in [2.75, 3.05) is 19.6 Å². The summed E-state index contributed by atoms with van der Waals surface area (Å²) in [5.41, 5.74) is 0.777. The smallest absolute Gasteiger partial charge is 0.0710 e. The van der Waals surface area contributed by atoms with E-state index in [0.717, 1.165) is 19.6 Å². The van der Waals surface area contributed by atoms with Gasteiger partial charge in [-0.3, -0.25) is 4.90 Å². The van der Waals surface area contributed by atoms with Crippen LogP contribution in [0.2, 0.25) is 0 Å². The molecular formula is C18H34N2O. The Labute approximate surface area is 130 Å². The number of nitrogens with zero attached hydrogens (tertiary/aromatic N) is 1. The molecular weight excluding hydrogens is 260 g/mol. The highest BCUT2D eigenvalue weighted by molar-refractivity contribution is 5.01. The van der Waals surface area contributed by atoms with Crippen LogP contribution in [0.1, 0.15) is 72.6 Å². The third-order valence-electron chi connectivity index (χ3n) is 6.40. The fraction of sp³-hybridized carbons (Fsp3) is 1.00. The second-order valence-corrected chi connectivity index (χ2v) is 8.63. The van der Waals surface area contributed by atoms with Gasteiger partial charge in [0, 0.05) is 30.7 Å². The predicted molar refractivity (Wildman–Crippen MR) is 87.7 cm³/mol. The van der Waals surface area contributed by atoms with Gasteiger partial charge in [-0.25, -0.2) is 0 Å². The summed E-state index contributed by atoms with van der Waals surface area (Å²) in [6, 6.07) is 0. The van der Waals surface area contributed by atoms with Gasteiger partial charge in [-0.2, -0.15) is 0 Å². The third kappa shape index (κ3) is 3.16. The van der Waals surface area contributed by atoms with Gasteiger partial charge in [0.15, 0.2) is 0 Å². The van der Waals surface area contributed by atoms with Crippen LogP contribution in [0.15, 0.2) is 0 Å². The van der Waals surface area contributed by atoms with Crippen molar-refractivity contribution in [3.05, 3.63) is 0 Å². The Morgan fingerprint density at radius 2 is 1.86 bits per heavy atom. The van der Waals surface area contributed by atoms with E-state index in [1.165, 1.54) is 44.9 Å². The van der Waals surface area contributed by atoms with Crippen LogP contribution in [0.25, 0.3) is 0 Å². The van der Waals surface area contributed by atoms with E-state index in [0.29, 0.717) is 6.10 Å². The van der Waals surface area contributed by atoms with E-state index in [-0.39, 0.29) is 16.7 Å². The molecule has 0 radical (unpaired) electrons. The first-order valence-electron chi connectivity index (χ1n) is 9.04. The van der Waals surface area contributed by atoms with Gasteiger partial charge in [-0.1, -0.05) is 19.8 Å². The minimum atomic E-state index is 0.240. The molecule has 1 N–H and O–H groups in total. The van der Waals surface area contributed by atoms with Crippen LogP contribution in [-0.2, 0) is 4.74 Å². The summed E-state index contributed by atoms with van der Waals surface area (Å²) in [6.07, 6.45) is 9.58.